The number of nitrogens with zero attached hydrogens (tertiary/aromatic N) is 2. The Kier molecular flexibility index (Phi) is 5.58. The zero-order chi connectivity index (χ0) is 13.5. The second-order valence-electron chi connectivity index (χ2n) is 4.54. The van der Waals surface area contributed by atoms with Crippen molar-refractivity contribution in [3.8, 4) is 0 Å². The lowest BCUT2D eigenvalue weighted by Gasteiger charge is -2.10. The van der Waals surface area contributed by atoms with Crippen molar-refractivity contribution in [1.82, 2.24) is 15.2 Å². The van der Waals surface area contributed by atoms with Crippen LogP contribution in [0.25, 0.3) is 0 Å². The molecule has 0 spiro atoms. The summed E-state index contributed by atoms with van der Waals surface area (Å²) < 4.78 is 0. The zero-order valence-electron chi connectivity index (χ0n) is 11.4. The van der Waals surface area contributed by atoms with Gasteiger partial charge in [-0.05, 0) is 45.6 Å². The van der Waals surface area contributed by atoms with E-state index in [1.54, 1.807) is 12.1 Å². The molecule has 0 bridgehead atoms. The van der Waals surface area contributed by atoms with E-state index in [9.17, 15) is 4.79 Å². The number of carbonyl (C=O) groups is 1. The fraction of sp³-hybridized carbons (Fsp3) is 0.538. The van der Waals surface area contributed by atoms with Crippen LogP contribution in [0, 0.1) is 0 Å². The third kappa shape index (κ3) is 4.71. The van der Waals surface area contributed by atoms with Gasteiger partial charge in [0.05, 0.1) is 0 Å². The molecule has 0 radical (unpaired) electrons. The van der Waals surface area contributed by atoms with Crippen molar-refractivity contribution in [3.05, 3.63) is 23.4 Å². The summed E-state index contributed by atoms with van der Waals surface area (Å²) in [6.07, 6.45) is 1.70. The molecule has 0 aliphatic carbocycles. The molecule has 0 aliphatic rings. The van der Waals surface area contributed by atoms with Crippen molar-refractivity contribution < 1.29 is 4.79 Å². The van der Waals surface area contributed by atoms with Crippen LogP contribution in [0.2, 0.25) is 0 Å². The van der Waals surface area contributed by atoms with Crippen molar-refractivity contribution in [2.75, 3.05) is 32.9 Å². The highest BCUT2D eigenvalue weighted by atomic mass is 16.1. The minimum Gasteiger partial charge on any atom is -0.384 e. The molecule has 0 fully saturated rings. The molecule has 3 N–H and O–H groups in total. The van der Waals surface area contributed by atoms with E-state index in [0.717, 1.165) is 25.1 Å². The maximum absolute atomic E-state index is 11.9. The first-order valence-corrected chi connectivity index (χ1v) is 6.22. The van der Waals surface area contributed by atoms with Gasteiger partial charge in [0.1, 0.15) is 5.82 Å². The third-order valence-electron chi connectivity index (χ3n) is 2.59. The normalized spacial score (nSPS) is 10.7. The fourth-order valence-electron chi connectivity index (χ4n) is 1.62. The maximum atomic E-state index is 11.9. The van der Waals surface area contributed by atoms with Crippen LogP contribution < -0.4 is 11.1 Å². The number of aromatic nitrogens is 1. The number of anilines is 1. The van der Waals surface area contributed by atoms with Crippen LogP contribution in [0.15, 0.2) is 12.1 Å². The Labute approximate surface area is 108 Å². The Balaban J connectivity index is 2.53. The van der Waals surface area contributed by atoms with E-state index in [1.807, 2.05) is 21.0 Å². The average molecular weight is 250 g/mol. The van der Waals surface area contributed by atoms with Crippen LogP contribution in [-0.2, 0) is 6.42 Å². The van der Waals surface area contributed by atoms with Crippen molar-refractivity contribution in [2.45, 2.75) is 19.8 Å². The highest BCUT2D eigenvalue weighted by Gasteiger charge is 2.07. The Hall–Kier alpha value is -1.62. The summed E-state index contributed by atoms with van der Waals surface area (Å²) in [6, 6.07) is 3.40. The Bertz CT molecular complexity index is 404. The predicted molar refractivity (Wildman–Crippen MR) is 73.5 cm³/mol. The number of nitrogens with one attached hydrogen (secondary N) is 1. The summed E-state index contributed by atoms with van der Waals surface area (Å²) in [5.41, 5.74) is 7.10. The number of hydrogen-bond donors (Lipinski definition) is 2. The summed E-state index contributed by atoms with van der Waals surface area (Å²) in [5.74, 6) is 0.311. The first-order valence-electron chi connectivity index (χ1n) is 6.22. The van der Waals surface area contributed by atoms with E-state index >= 15 is 0 Å². The molecule has 1 rings (SSSR count). The predicted octanol–water partition coefficient (Wildman–Crippen LogP) is 0.908. The number of aryl methyl sites for hydroxylation is 1. The van der Waals surface area contributed by atoms with Crippen LogP contribution in [0.3, 0.4) is 0 Å². The monoisotopic (exact) mass is 250 g/mol. The summed E-state index contributed by atoms with van der Waals surface area (Å²) in [6.45, 7) is 3.61. The van der Waals surface area contributed by atoms with E-state index in [0.29, 0.717) is 17.9 Å². The van der Waals surface area contributed by atoms with Gasteiger partial charge in [-0.25, -0.2) is 4.98 Å². The summed E-state index contributed by atoms with van der Waals surface area (Å²) in [4.78, 5) is 18.1. The van der Waals surface area contributed by atoms with E-state index < -0.39 is 0 Å². The van der Waals surface area contributed by atoms with Gasteiger partial charge in [-0.2, -0.15) is 0 Å². The fourth-order valence-corrected chi connectivity index (χ4v) is 1.62. The lowest BCUT2D eigenvalue weighted by Crippen LogP contribution is -2.27. The van der Waals surface area contributed by atoms with Gasteiger partial charge in [-0.1, -0.05) is 6.92 Å². The van der Waals surface area contributed by atoms with Crippen molar-refractivity contribution >= 4 is 11.7 Å². The molecule has 5 heteroatoms. The van der Waals surface area contributed by atoms with Gasteiger partial charge in [0.2, 0.25) is 0 Å². The Morgan fingerprint density at radius 3 is 2.78 bits per heavy atom. The van der Waals surface area contributed by atoms with Crippen LogP contribution >= 0.6 is 0 Å². The van der Waals surface area contributed by atoms with Crippen LogP contribution in [0.1, 0.15) is 29.4 Å². The number of nitrogen functional groups attached to an aromatic ring is 1. The summed E-state index contributed by atoms with van der Waals surface area (Å²) >= 11 is 0. The van der Waals surface area contributed by atoms with Crippen LogP contribution in [0.5, 0.6) is 0 Å². The SMILES string of the molecule is CCc1cc(C(=O)NCCCN(C)C)cc(N)n1. The van der Waals surface area contributed by atoms with Crippen LogP contribution in [-0.4, -0.2) is 43.0 Å². The molecule has 100 valence electrons. The molecule has 1 amide bonds. The number of hydrogen-bond acceptors (Lipinski definition) is 4. The molecule has 0 saturated carbocycles. The van der Waals surface area contributed by atoms with Crippen molar-refractivity contribution in [3.63, 3.8) is 0 Å². The van der Waals surface area contributed by atoms with E-state index in [2.05, 4.69) is 15.2 Å². The molecule has 1 aromatic rings. The van der Waals surface area contributed by atoms with Crippen molar-refractivity contribution in [1.29, 1.82) is 0 Å². The number of rotatable bonds is 6. The lowest BCUT2D eigenvalue weighted by atomic mass is 10.2. The summed E-state index contributed by atoms with van der Waals surface area (Å²) in [5, 5.41) is 2.88. The molecule has 0 atom stereocenters. The minimum atomic E-state index is -0.0856. The van der Waals surface area contributed by atoms with Crippen LogP contribution in [0.4, 0.5) is 5.82 Å². The average Bonchev–Trinajstić information content (AvgIpc) is 2.33. The number of nitrogens with two attached hydrogens (primary N) is 1. The largest absolute Gasteiger partial charge is 0.384 e. The topological polar surface area (TPSA) is 71.2 Å². The van der Waals surface area contributed by atoms with Gasteiger partial charge < -0.3 is 16.0 Å². The quantitative estimate of drug-likeness (QED) is 0.736. The van der Waals surface area contributed by atoms with Crippen molar-refractivity contribution in [2.24, 2.45) is 0 Å². The molecule has 0 saturated heterocycles. The molecule has 0 aromatic carbocycles. The molecule has 1 heterocycles. The first kappa shape index (κ1) is 14.4. The maximum Gasteiger partial charge on any atom is 0.251 e. The lowest BCUT2D eigenvalue weighted by molar-refractivity contribution is 0.0952. The standard InChI is InChI=1S/C13H22N4O/c1-4-11-8-10(9-12(14)16-11)13(18)15-6-5-7-17(2)3/h8-9H,4-7H2,1-3H3,(H2,14,16)(H,15,18). The number of amides is 1. The smallest absolute Gasteiger partial charge is 0.251 e. The highest BCUT2D eigenvalue weighted by molar-refractivity contribution is 5.94. The van der Waals surface area contributed by atoms with Gasteiger partial charge in [-0.15, -0.1) is 0 Å². The van der Waals surface area contributed by atoms with E-state index in [1.165, 1.54) is 0 Å². The second-order valence-corrected chi connectivity index (χ2v) is 4.54. The number of pyridine rings is 1. The van der Waals surface area contributed by atoms with Gasteiger partial charge in [0.25, 0.3) is 5.91 Å². The molecular weight excluding hydrogens is 228 g/mol. The van der Waals surface area contributed by atoms with E-state index in [-0.39, 0.29) is 5.91 Å². The third-order valence-corrected chi connectivity index (χ3v) is 2.59. The Morgan fingerprint density at radius 2 is 2.17 bits per heavy atom. The molecule has 5 nitrogen and oxygen atoms in total. The zero-order valence-corrected chi connectivity index (χ0v) is 11.4. The second kappa shape index (κ2) is 6.96. The van der Waals surface area contributed by atoms with E-state index in [4.69, 9.17) is 5.73 Å². The molecule has 1 aromatic heterocycles. The van der Waals surface area contributed by atoms with Gasteiger partial charge in [0, 0.05) is 17.8 Å². The van der Waals surface area contributed by atoms with Gasteiger partial charge in [0.15, 0.2) is 0 Å². The van der Waals surface area contributed by atoms with Gasteiger partial charge in [-0.3, -0.25) is 4.79 Å². The van der Waals surface area contributed by atoms with Gasteiger partial charge >= 0.3 is 0 Å². The molecule has 0 unspecified atom stereocenters. The summed E-state index contributed by atoms with van der Waals surface area (Å²) in [7, 11) is 4.03. The number of carbonyl (C=O) groups excluding carboxylic acids is 1. The molecular formula is C13H22N4O. The molecule has 0 aliphatic heterocycles. The molecule has 18 heavy (non-hydrogen) atoms. The minimum absolute atomic E-state index is 0.0856. The highest BCUT2D eigenvalue weighted by Crippen LogP contribution is 2.08. The Morgan fingerprint density at radius 1 is 1.44 bits per heavy atom. The first-order chi connectivity index (χ1) is 8.52.